The maximum atomic E-state index is 11.9. The number of methoxy groups -OCH3 is 1. The summed E-state index contributed by atoms with van der Waals surface area (Å²) >= 11 is 6.80. The Kier molecular flexibility index (Phi) is 5.67. The number of thiazole rings is 1. The number of ether oxygens (including phenoxy) is 1. The summed E-state index contributed by atoms with van der Waals surface area (Å²) in [6, 6.07) is 8.20. The fraction of sp³-hybridized carbons (Fsp3) is 0.333. The summed E-state index contributed by atoms with van der Waals surface area (Å²) in [7, 11) is 1.61. The summed E-state index contributed by atoms with van der Waals surface area (Å²) in [4.78, 5) is 11.9. The van der Waals surface area contributed by atoms with E-state index in [-0.39, 0.29) is 12.5 Å². The number of aryl methyl sites for hydroxylation is 1. The second kappa shape index (κ2) is 7.49. The molecule has 21 heavy (non-hydrogen) atoms. The molecule has 112 valence electrons. The fourth-order valence-electron chi connectivity index (χ4n) is 1.92. The number of nitrogens with zero attached hydrogens (tertiary/aromatic N) is 1. The molecule has 0 aliphatic rings. The molecule has 0 radical (unpaired) electrons. The van der Waals surface area contributed by atoms with Crippen LogP contribution in [0, 0.1) is 10.9 Å². The second-order valence-corrected chi connectivity index (χ2v) is 6.18. The predicted octanol–water partition coefficient (Wildman–Crippen LogP) is 3.02. The molecule has 1 aromatic heterocycles. The van der Waals surface area contributed by atoms with Crippen molar-refractivity contribution in [2.45, 2.75) is 13.5 Å². The molecule has 0 aliphatic carbocycles. The zero-order chi connectivity index (χ0) is 15.2. The number of aromatic nitrogens is 1. The van der Waals surface area contributed by atoms with Gasteiger partial charge in [-0.1, -0.05) is 29.8 Å². The van der Waals surface area contributed by atoms with Gasteiger partial charge in [0, 0.05) is 19.0 Å². The number of carbonyl (C=O) groups excluding carboxylic acids is 1. The van der Waals surface area contributed by atoms with E-state index in [9.17, 15) is 4.79 Å². The third-order valence-corrected chi connectivity index (χ3v) is 4.33. The number of hydrogen-bond donors (Lipinski definition) is 1. The van der Waals surface area contributed by atoms with Crippen LogP contribution in [0.4, 0.5) is 0 Å². The molecule has 0 fully saturated rings. The normalized spacial score (nSPS) is 10.6. The molecular weight excluding hydrogens is 304 g/mol. The Balaban J connectivity index is 2.17. The van der Waals surface area contributed by atoms with Crippen LogP contribution in [0.3, 0.4) is 0 Å². The van der Waals surface area contributed by atoms with Crippen molar-refractivity contribution in [1.29, 1.82) is 0 Å². The Hall–Kier alpha value is -1.50. The standard InChI is InChI=1S/C15H18N2O2S2/c1-11-3-5-12(6-4-11)13-10-21-15(20)17(13)9-14(18)16-7-8-19-2/h3-6,10H,7-9H2,1-2H3,(H,16,18). The van der Waals surface area contributed by atoms with Crippen molar-refractivity contribution in [2.75, 3.05) is 20.3 Å². The quantitative estimate of drug-likeness (QED) is 0.657. The van der Waals surface area contributed by atoms with E-state index < -0.39 is 0 Å². The molecule has 0 unspecified atom stereocenters. The van der Waals surface area contributed by atoms with Gasteiger partial charge < -0.3 is 14.6 Å². The Labute approximate surface area is 133 Å². The lowest BCUT2D eigenvalue weighted by atomic mass is 10.1. The average Bonchev–Trinajstić information content (AvgIpc) is 2.82. The minimum absolute atomic E-state index is 0.0603. The van der Waals surface area contributed by atoms with Gasteiger partial charge in [-0.3, -0.25) is 4.79 Å². The number of nitrogens with one attached hydrogen (secondary N) is 1. The summed E-state index contributed by atoms with van der Waals surface area (Å²) in [5, 5.41) is 4.81. The van der Waals surface area contributed by atoms with Crippen LogP contribution in [-0.2, 0) is 16.1 Å². The van der Waals surface area contributed by atoms with Crippen LogP contribution in [0.1, 0.15) is 5.56 Å². The first-order valence-corrected chi connectivity index (χ1v) is 7.91. The van der Waals surface area contributed by atoms with Crippen molar-refractivity contribution >= 4 is 29.5 Å². The average molecular weight is 322 g/mol. The molecule has 0 aliphatic heterocycles. The van der Waals surface area contributed by atoms with Crippen molar-refractivity contribution in [3.63, 3.8) is 0 Å². The second-order valence-electron chi connectivity index (χ2n) is 4.68. The molecule has 0 spiro atoms. The van der Waals surface area contributed by atoms with Crippen LogP contribution in [0.2, 0.25) is 0 Å². The van der Waals surface area contributed by atoms with Gasteiger partial charge >= 0.3 is 0 Å². The summed E-state index contributed by atoms with van der Waals surface area (Å²) in [5.41, 5.74) is 3.25. The highest BCUT2D eigenvalue weighted by molar-refractivity contribution is 7.73. The van der Waals surface area contributed by atoms with E-state index in [1.165, 1.54) is 16.9 Å². The lowest BCUT2D eigenvalue weighted by Gasteiger charge is -2.09. The highest BCUT2D eigenvalue weighted by atomic mass is 32.1. The van der Waals surface area contributed by atoms with Gasteiger partial charge in [0.2, 0.25) is 5.91 Å². The number of carbonyl (C=O) groups is 1. The molecule has 2 rings (SSSR count). The van der Waals surface area contributed by atoms with Crippen molar-refractivity contribution in [3.8, 4) is 11.3 Å². The molecule has 0 atom stereocenters. The van der Waals surface area contributed by atoms with Gasteiger partial charge in [-0.2, -0.15) is 0 Å². The molecule has 1 amide bonds. The van der Waals surface area contributed by atoms with E-state index in [2.05, 4.69) is 17.4 Å². The van der Waals surface area contributed by atoms with Gasteiger partial charge in [0.1, 0.15) is 6.54 Å². The third-order valence-electron chi connectivity index (χ3n) is 3.06. The summed E-state index contributed by atoms with van der Waals surface area (Å²) < 4.78 is 7.48. The maximum Gasteiger partial charge on any atom is 0.240 e. The van der Waals surface area contributed by atoms with Crippen LogP contribution in [0.25, 0.3) is 11.3 Å². The van der Waals surface area contributed by atoms with E-state index in [4.69, 9.17) is 17.0 Å². The SMILES string of the molecule is COCCNC(=O)Cn1c(-c2ccc(C)cc2)csc1=S. The van der Waals surface area contributed by atoms with Gasteiger partial charge in [0.05, 0.1) is 12.3 Å². The van der Waals surface area contributed by atoms with E-state index in [0.717, 1.165) is 11.3 Å². The van der Waals surface area contributed by atoms with Gasteiger partial charge in [-0.15, -0.1) is 11.3 Å². The van der Waals surface area contributed by atoms with Crippen molar-refractivity contribution < 1.29 is 9.53 Å². The van der Waals surface area contributed by atoms with Crippen LogP contribution in [0.5, 0.6) is 0 Å². The third kappa shape index (κ3) is 4.23. The summed E-state index contributed by atoms with van der Waals surface area (Å²) in [5.74, 6) is -0.0603. The zero-order valence-electron chi connectivity index (χ0n) is 12.1. The first kappa shape index (κ1) is 15.9. The zero-order valence-corrected chi connectivity index (χ0v) is 13.7. The lowest BCUT2D eigenvalue weighted by Crippen LogP contribution is -2.30. The fourth-order valence-corrected chi connectivity index (χ4v) is 2.99. The molecular formula is C15H18N2O2S2. The van der Waals surface area contributed by atoms with Gasteiger partial charge in [0.25, 0.3) is 0 Å². The van der Waals surface area contributed by atoms with Crippen molar-refractivity contribution in [3.05, 3.63) is 39.2 Å². The summed E-state index contributed by atoms with van der Waals surface area (Å²) in [6.07, 6.45) is 0. The first-order valence-electron chi connectivity index (χ1n) is 6.63. The monoisotopic (exact) mass is 322 g/mol. The molecule has 1 N–H and O–H groups in total. The minimum atomic E-state index is -0.0603. The highest BCUT2D eigenvalue weighted by Crippen LogP contribution is 2.24. The largest absolute Gasteiger partial charge is 0.383 e. The van der Waals surface area contributed by atoms with Crippen LogP contribution in [-0.4, -0.2) is 30.7 Å². The lowest BCUT2D eigenvalue weighted by molar-refractivity contribution is -0.121. The Morgan fingerprint density at radius 3 is 2.76 bits per heavy atom. The molecule has 1 aromatic carbocycles. The smallest absolute Gasteiger partial charge is 0.240 e. The Morgan fingerprint density at radius 1 is 1.38 bits per heavy atom. The molecule has 4 nitrogen and oxygen atoms in total. The molecule has 0 bridgehead atoms. The number of amides is 1. The number of benzene rings is 1. The Bertz CT molecular complexity index is 659. The van der Waals surface area contributed by atoms with Gasteiger partial charge in [-0.25, -0.2) is 0 Å². The molecule has 6 heteroatoms. The van der Waals surface area contributed by atoms with E-state index in [1.54, 1.807) is 7.11 Å². The summed E-state index contributed by atoms with van der Waals surface area (Å²) in [6.45, 7) is 3.29. The minimum Gasteiger partial charge on any atom is -0.383 e. The van der Waals surface area contributed by atoms with Gasteiger partial charge in [-0.05, 0) is 24.7 Å². The highest BCUT2D eigenvalue weighted by Gasteiger charge is 2.10. The Morgan fingerprint density at radius 2 is 2.10 bits per heavy atom. The molecule has 0 saturated carbocycles. The number of hydrogen-bond acceptors (Lipinski definition) is 4. The van der Waals surface area contributed by atoms with Crippen LogP contribution >= 0.6 is 23.6 Å². The van der Waals surface area contributed by atoms with E-state index >= 15 is 0 Å². The van der Waals surface area contributed by atoms with E-state index in [1.807, 2.05) is 29.0 Å². The maximum absolute atomic E-state index is 11.9. The topological polar surface area (TPSA) is 43.3 Å². The van der Waals surface area contributed by atoms with Crippen LogP contribution < -0.4 is 5.32 Å². The molecule has 0 saturated heterocycles. The van der Waals surface area contributed by atoms with E-state index in [0.29, 0.717) is 17.1 Å². The van der Waals surface area contributed by atoms with Crippen LogP contribution in [0.15, 0.2) is 29.6 Å². The molecule has 1 heterocycles. The first-order chi connectivity index (χ1) is 10.1. The van der Waals surface area contributed by atoms with Crippen molar-refractivity contribution in [1.82, 2.24) is 9.88 Å². The van der Waals surface area contributed by atoms with Gasteiger partial charge in [0.15, 0.2) is 3.95 Å². The predicted molar refractivity (Wildman–Crippen MR) is 88.2 cm³/mol. The number of rotatable bonds is 6. The van der Waals surface area contributed by atoms with Crippen molar-refractivity contribution in [2.24, 2.45) is 0 Å². The molecule has 2 aromatic rings.